The van der Waals surface area contributed by atoms with Crippen molar-refractivity contribution in [3.05, 3.63) is 52.5 Å². The van der Waals surface area contributed by atoms with Gasteiger partial charge < -0.3 is 14.2 Å². The number of hydrogen-bond acceptors (Lipinski definition) is 6. The zero-order valence-electron chi connectivity index (χ0n) is 14.4. The van der Waals surface area contributed by atoms with Crippen molar-refractivity contribution in [3.63, 3.8) is 0 Å². The second kappa shape index (κ2) is 7.29. The van der Waals surface area contributed by atoms with E-state index in [-0.39, 0.29) is 11.8 Å². The van der Waals surface area contributed by atoms with E-state index >= 15 is 0 Å². The number of carbonyl (C=O) groups excluding carboxylic acids is 1. The Labute approximate surface area is 155 Å². The van der Waals surface area contributed by atoms with Crippen LogP contribution < -0.4 is 4.74 Å². The van der Waals surface area contributed by atoms with Crippen molar-refractivity contribution in [2.24, 2.45) is 0 Å². The van der Waals surface area contributed by atoms with Crippen LogP contribution in [0.25, 0.3) is 11.4 Å². The van der Waals surface area contributed by atoms with E-state index in [1.807, 2.05) is 52.9 Å². The van der Waals surface area contributed by atoms with Crippen LogP contribution in [-0.2, 0) is 11.2 Å². The minimum absolute atomic E-state index is 0.0889. The van der Waals surface area contributed by atoms with Crippen LogP contribution in [0.2, 0.25) is 0 Å². The number of amides is 1. The van der Waals surface area contributed by atoms with Crippen molar-refractivity contribution in [2.45, 2.75) is 19.3 Å². The molecule has 1 saturated heterocycles. The summed E-state index contributed by atoms with van der Waals surface area (Å²) in [6.45, 7) is 3.75. The van der Waals surface area contributed by atoms with Crippen LogP contribution in [0.5, 0.6) is 5.75 Å². The summed E-state index contributed by atoms with van der Waals surface area (Å²) in [5.41, 5.74) is 1.88. The number of carbonyl (C=O) groups is 1. The third-order valence-corrected chi connectivity index (χ3v) is 5.10. The van der Waals surface area contributed by atoms with Crippen molar-refractivity contribution < 1.29 is 14.1 Å². The molecule has 0 saturated carbocycles. The Bertz CT molecular complexity index is 885. The first-order chi connectivity index (χ1) is 12.7. The number of thiophene rings is 1. The molecule has 134 valence electrons. The van der Waals surface area contributed by atoms with Gasteiger partial charge in [-0.25, -0.2) is 0 Å². The molecule has 1 fully saturated rings. The molecular weight excluding hydrogens is 350 g/mol. The lowest BCUT2D eigenvalue weighted by atomic mass is 9.98. The highest BCUT2D eigenvalue weighted by molar-refractivity contribution is 7.08. The standard InChI is InChI=1S/C19H19N3O3S/c1-2-24-16-6-4-3-5-13(16)9-17(23)22-10-15(11-22)19-20-18(21-25-19)14-7-8-26-12-14/h3-8,12,15H,2,9-11H2,1H3. The Morgan fingerprint density at radius 3 is 2.96 bits per heavy atom. The highest BCUT2D eigenvalue weighted by Gasteiger charge is 2.35. The maximum Gasteiger partial charge on any atom is 0.233 e. The minimum Gasteiger partial charge on any atom is -0.494 e. The van der Waals surface area contributed by atoms with Gasteiger partial charge in [0.15, 0.2) is 0 Å². The van der Waals surface area contributed by atoms with Crippen molar-refractivity contribution in [2.75, 3.05) is 19.7 Å². The molecule has 0 bridgehead atoms. The second-order valence-electron chi connectivity index (χ2n) is 6.18. The lowest BCUT2D eigenvalue weighted by Crippen LogP contribution is -2.49. The van der Waals surface area contributed by atoms with Crippen LogP contribution in [0.15, 0.2) is 45.6 Å². The second-order valence-corrected chi connectivity index (χ2v) is 6.96. The van der Waals surface area contributed by atoms with Crippen LogP contribution in [0.4, 0.5) is 0 Å². The predicted molar refractivity (Wildman–Crippen MR) is 98.2 cm³/mol. The SMILES string of the molecule is CCOc1ccccc1CC(=O)N1CC(c2nc(-c3ccsc3)no2)C1. The lowest BCUT2D eigenvalue weighted by Gasteiger charge is -2.37. The molecule has 0 spiro atoms. The molecule has 1 amide bonds. The summed E-state index contributed by atoms with van der Waals surface area (Å²) < 4.78 is 11.0. The van der Waals surface area contributed by atoms with Crippen molar-refractivity contribution in [1.29, 1.82) is 0 Å². The van der Waals surface area contributed by atoms with Crippen LogP contribution in [0.1, 0.15) is 24.3 Å². The maximum atomic E-state index is 12.5. The van der Waals surface area contributed by atoms with Crippen LogP contribution in [0, 0.1) is 0 Å². The fourth-order valence-corrected chi connectivity index (χ4v) is 3.60. The normalized spacial score (nSPS) is 14.3. The van der Waals surface area contributed by atoms with Gasteiger partial charge in [-0.2, -0.15) is 16.3 Å². The van der Waals surface area contributed by atoms with E-state index in [4.69, 9.17) is 9.26 Å². The van der Waals surface area contributed by atoms with E-state index in [0.29, 0.717) is 37.8 Å². The molecule has 1 aliphatic heterocycles. The average Bonchev–Trinajstić information content (AvgIpc) is 3.26. The van der Waals surface area contributed by atoms with E-state index in [2.05, 4.69) is 10.1 Å². The Balaban J connectivity index is 1.35. The summed E-state index contributed by atoms with van der Waals surface area (Å²) in [6, 6.07) is 9.64. The molecular formula is C19H19N3O3S. The zero-order valence-corrected chi connectivity index (χ0v) is 15.2. The summed E-state index contributed by atoms with van der Waals surface area (Å²) in [5.74, 6) is 2.19. The van der Waals surface area contributed by atoms with Crippen LogP contribution in [-0.4, -0.2) is 40.6 Å². The first kappa shape index (κ1) is 16.8. The fraction of sp³-hybridized carbons (Fsp3) is 0.316. The van der Waals surface area contributed by atoms with Gasteiger partial charge in [-0.15, -0.1) is 0 Å². The monoisotopic (exact) mass is 369 g/mol. The molecule has 2 aromatic heterocycles. The Morgan fingerprint density at radius 2 is 2.19 bits per heavy atom. The van der Waals surface area contributed by atoms with Gasteiger partial charge in [0.05, 0.1) is 18.9 Å². The predicted octanol–water partition coefficient (Wildman–Crippen LogP) is 3.37. The molecule has 1 aromatic carbocycles. The van der Waals surface area contributed by atoms with E-state index in [9.17, 15) is 4.79 Å². The van der Waals surface area contributed by atoms with Gasteiger partial charge in [-0.05, 0) is 24.4 Å². The number of hydrogen-bond donors (Lipinski definition) is 0. The topological polar surface area (TPSA) is 68.5 Å². The molecule has 26 heavy (non-hydrogen) atoms. The Hall–Kier alpha value is -2.67. The Kier molecular flexibility index (Phi) is 4.71. The molecule has 6 nitrogen and oxygen atoms in total. The molecule has 3 heterocycles. The van der Waals surface area contributed by atoms with Gasteiger partial charge in [0, 0.05) is 29.6 Å². The third-order valence-electron chi connectivity index (χ3n) is 4.42. The number of benzene rings is 1. The van der Waals surface area contributed by atoms with E-state index in [0.717, 1.165) is 16.9 Å². The molecule has 4 rings (SSSR count). The summed E-state index contributed by atoms with van der Waals surface area (Å²) in [5, 5.41) is 8.00. The van der Waals surface area contributed by atoms with Crippen molar-refractivity contribution in [1.82, 2.24) is 15.0 Å². The molecule has 1 aliphatic rings. The van der Waals surface area contributed by atoms with Gasteiger partial charge in [0.2, 0.25) is 17.6 Å². The van der Waals surface area contributed by atoms with Gasteiger partial charge in [-0.1, -0.05) is 23.4 Å². The largest absolute Gasteiger partial charge is 0.494 e. The van der Waals surface area contributed by atoms with E-state index < -0.39 is 0 Å². The fourth-order valence-electron chi connectivity index (χ4n) is 2.97. The summed E-state index contributed by atoms with van der Waals surface area (Å²) in [7, 11) is 0. The van der Waals surface area contributed by atoms with Crippen LogP contribution in [0.3, 0.4) is 0 Å². The summed E-state index contributed by atoms with van der Waals surface area (Å²) >= 11 is 1.60. The first-order valence-electron chi connectivity index (χ1n) is 8.59. The van der Waals surface area contributed by atoms with Gasteiger partial charge in [0.25, 0.3) is 0 Å². The molecule has 3 aromatic rings. The molecule has 0 aliphatic carbocycles. The first-order valence-corrected chi connectivity index (χ1v) is 9.53. The van der Waals surface area contributed by atoms with E-state index in [1.165, 1.54) is 0 Å². The maximum absolute atomic E-state index is 12.5. The zero-order chi connectivity index (χ0) is 17.9. The van der Waals surface area contributed by atoms with E-state index in [1.54, 1.807) is 11.3 Å². The number of nitrogens with zero attached hydrogens (tertiary/aromatic N) is 3. The number of aromatic nitrogens is 2. The van der Waals surface area contributed by atoms with Gasteiger partial charge in [-0.3, -0.25) is 4.79 Å². The number of para-hydroxylation sites is 1. The average molecular weight is 369 g/mol. The molecule has 0 unspecified atom stereocenters. The van der Waals surface area contributed by atoms with Crippen molar-refractivity contribution >= 4 is 17.2 Å². The highest BCUT2D eigenvalue weighted by atomic mass is 32.1. The highest BCUT2D eigenvalue weighted by Crippen LogP contribution is 2.29. The minimum atomic E-state index is 0.0889. The molecule has 7 heteroatoms. The van der Waals surface area contributed by atoms with Gasteiger partial charge >= 0.3 is 0 Å². The quantitative estimate of drug-likeness (QED) is 0.666. The molecule has 0 N–H and O–H groups in total. The smallest absolute Gasteiger partial charge is 0.233 e. The number of ether oxygens (including phenoxy) is 1. The number of likely N-dealkylation sites (tertiary alicyclic amines) is 1. The van der Waals surface area contributed by atoms with Crippen molar-refractivity contribution in [3.8, 4) is 17.1 Å². The third kappa shape index (κ3) is 3.35. The summed E-state index contributed by atoms with van der Waals surface area (Å²) in [6.07, 6.45) is 0.340. The Morgan fingerprint density at radius 1 is 1.35 bits per heavy atom. The molecule has 0 atom stereocenters. The molecule has 0 radical (unpaired) electrons. The lowest BCUT2D eigenvalue weighted by molar-refractivity contribution is -0.135. The van der Waals surface area contributed by atoms with Gasteiger partial charge in [0.1, 0.15) is 5.75 Å². The van der Waals surface area contributed by atoms with Crippen LogP contribution >= 0.6 is 11.3 Å². The number of rotatable bonds is 6. The summed E-state index contributed by atoms with van der Waals surface area (Å²) in [4.78, 5) is 18.8.